The van der Waals surface area contributed by atoms with E-state index >= 15 is 0 Å². The lowest BCUT2D eigenvalue weighted by atomic mass is 10.2. The zero-order valence-electron chi connectivity index (χ0n) is 14.7. The van der Waals surface area contributed by atoms with Crippen LogP contribution in [0.4, 0.5) is 10.5 Å². The molecule has 6 heteroatoms. The van der Waals surface area contributed by atoms with E-state index in [-0.39, 0.29) is 24.7 Å². The fourth-order valence-electron chi connectivity index (χ4n) is 3.02. The minimum absolute atomic E-state index is 0.0170. The number of amides is 2. The summed E-state index contributed by atoms with van der Waals surface area (Å²) in [5.41, 5.74) is 1.28. The third-order valence-corrected chi connectivity index (χ3v) is 4.34. The van der Waals surface area contributed by atoms with Crippen LogP contribution in [0.2, 0.25) is 0 Å². The topological polar surface area (TPSA) is 67.8 Å². The Bertz CT molecular complexity index is 489. The Morgan fingerprint density at radius 3 is 2.33 bits per heavy atom. The molecule has 0 saturated carbocycles. The Hall–Kier alpha value is -1.79. The Balaban J connectivity index is 1.68. The van der Waals surface area contributed by atoms with Crippen molar-refractivity contribution in [2.75, 3.05) is 44.2 Å². The monoisotopic (exact) mass is 334 g/mol. The number of aliphatic hydroxyl groups is 1. The van der Waals surface area contributed by atoms with Gasteiger partial charge in [0.05, 0.1) is 0 Å². The highest BCUT2D eigenvalue weighted by Crippen LogP contribution is 2.15. The fourth-order valence-corrected chi connectivity index (χ4v) is 3.02. The normalized spacial score (nSPS) is 18.0. The second kappa shape index (κ2) is 9.49. The summed E-state index contributed by atoms with van der Waals surface area (Å²) in [6, 6.07) is 10.4. The van der Waals surface area contributed by atoms with Crippen LogP contribution in [0.15, 0.2) is 30.3 Å². The Morgan fingerprint density at radius 2 is 1.71 bits per heavy atom. The van der Waals surface area contributed by atoms with Crippen LogP contribution < -0.4 is 15.5 Å². The number of piperazine rings is 1. The number of hydrogen-bond acceptors (Lipinski definition) is 4. The molecule has 1 aliphatic rings. The van der Waals surface area contributed by atoms with Gasteiger partial charge in [-0.25, -0.2) is 4.79 Å². The van der Waals surface area contributed by atoms with Gasteiger partial charge in [-0.3, -0.25) is 4.90 Å². The molecule has 0 bridgehead atoms. The number of nitrogens with zero attached hydrogens (tertiary/aromatic N) is 2. The lowest BCUT2D eigenvalue weighted by Crippen LogP contribution is -2.52. The molecule has 0 spiro atoms. The number of anilines is 1. The van der Waals surface area contributed by atoms with Crippen molar-refractivity contribution in [3.8, 4) is 0 Å². The summed E-state index contributed by atoms with van der Waals surface area (Å²) < 4.78 is 0. The number of rotatable bonds is 7. The molecule has 2 atom stereocenters. The van der Waals surface area contributed by atoms with E-state index in [0.717, 1.165) is 32.7 Å². The number of carbonyl (C=O) groups is 1. The summed E-state index contributed by atoms with van der Waals surface area (Å²) in [6.07, 6.45) is 0.573. The van der Waals surface area contributed by atoms with Crippen LogP contribution >= 0.6 is 0 Å². The number of urea groups is 1. The van der Waals surface area contributed by atoms with Gasteiger partial charge in [-0.05, 0) is 32.4 Å². The first-order valence-corrected chi connectivity index (χ1v) is 8.78. The van der Waals surface area contributed by atoms with E-state index in [2.05, 4.69) is 44.7 Å². The van der Waals surface area contributed by atoms with Crippen LogP contribution in [-0.2, 0) is 0 Å². The van der Waals surface area contributed by atoms with E-state index < -0.39 is 0 Å². The third kappa shape index (κ3) is 6.02. The molecular formula is C18H30N4O2. The van der Waals surface area contributed by atoms with Gasteiger partial charge in [-0.15, -0.1) is 0 Å². The Labute approximate surface area is 144 Å². The Kier molecular flexibility index (Phi) is 7.34. The smallest absolute Gasteiger partial charge is 0.315 e. The number of hydrogen-bond donors (Lipinski definition) is 3. The molecule has 3 N–H and O–H groups in total. The highest BCUT2D eigenvalue weighted by Gasteiger charge is 2.19. The lowest BCUT2D eigenvalue weighted by molar-refractivity contribution is 0.213. The highest BCUT2D eigenvalue weighted by molar-refractivity contribution is 5.74. The van der Waals surface area contributed by atoms with Gasteiger partial charge >= 0.3 is 6.03 Å². The van der Waals surface area contributed by atoms with Gasteiger partial charge in [0.2, 0.25) is 0 Å². The standard InChI is InChI=1S/C18H30N4O2/c1-15(8-13-23)19-18(24)20-16(2)14-21-9-11-22(12-10-21)17-6-4-3-5-7-17/h3-7,15-16,23H,8-14H2,1-2H3,(H2,19,20,24)/t15-,16?/m1/s1. The summed E-state index contributed by atoms with van der Waals surface area (Å²) in [6.45, 7) is 8.88. The minimum atomic E-state index is -0.161. The number of carbonyl (C=O) groups excluding carboxylic acids is 1. The fraction of sp³-hybridized carbons (Fsp3) is 0.611. The predicted molar refractivity (Wildman–Crippen MR) is 97.4 cm³/mol. The molecule has 1 aromatic carbocycles. The summed E-state index contributed by atoms with van der Waals surface area (Å²) in [7, 11) is 0. The maximum absolute atomic E-state index is 11.9. The van der Waals surface area contributed by atoms with Gasteiger partial charge in [-0.2, -0.15) is 0 Å². The van der Waals surface area contributed by atoms with Crippen molar-refractivity contribution in [1.29, 1.82) is 0 Å². The summed E-state index contributed by atoms with van der Waals surface area (Å²) >= 11 is 0. The van der Waals surface area contributed by atoms with E-state index in [4.69, 9.17) is 5.11 Å². The van der Waals surface area contributed by atoms with Crippen LogP contribution in [0.3, 0.4) is 0 Å². The average Bonchev–Trinajstić information content (AvgIpc) is 2.56. The molecule has 1 heterocycles. The van der Waals surface area contributed by atoms with Crippen molar-refractivity contribution >= 4 is 11.7 Å². The van der Waals surface area contributed by atoms with Gasteiger partial charge in [0.1, 0.15) is 0 Å². The third-order valence-electron chi connectivity index (χ3n) is 4.34. The van der Waals surface area contributed by atoms with E-state index in [1.165, 1.54) is 5.69 Å². The number of benzene rings is 1. The quantitative estimate of drug-likeness (QED) is 0.702. The SMILES string of the molecule is CC(CN1CCN(c2ccccc2)CC1)NC(=O)N[C@H](C)CCO. The maximum Gasteiger partial charge on any atom is 0.315 e. The van der Waals surface area contributed by atoms with Crippen molar-refractivity contribution in [3.05, 3.63) is 30.3 Å². The molecule has 0 aromatic heterocycles. The van der Waals surface area contributed by atoms with Crippen LogP contribution in [-0.4, -0.2) is 67.5 Å². The summed E-state index contributed by atoms with van der Waals surface area (Å²) in [5, 5.41) is 14.7. The molecule has 6 nitrogen and oxygen atoms in total. The molecular weight excluding hydrogens is 304 g/mol. The van der Waals surface area contributed by atoms with Gasteiger partial charge in [0.15, 0.2) is 0 Å². The zero-order chi connectivity index (χ0) is 17.4. The molecule has 1 aliphatic heterocycles. The Morgan fingerprint density at radius 1 is 1.08 bits per heavy atom. The van der Waals surface area contributed by atoms with E-state index in [0.29, 0.717) is 6.42 Å². The van der Waals surface area contributed by atoms with Crippen molar-refractivity contribution in [2.24, 2.45) is 0 Å². The first kappa shape index (κ1) is 18.5. The first-order chi connectivity index (χ1) is 11.6. The van der Waals surface area contributed by atoms with Crippen LogP contribution in [0.1, 0.15) is 20.3 Å². The predicted octanol–water partition coefficient (Wildman–Crippen LogP) is 1.27. The summed E-state index contributed by atoms with van der Waals surface area (Å²) in [5.74, 6) is 0. The van der Waals surface area contributed by atoms with Gasteiger partial charge in [0, 0.05) is 57.1 Å². The molecule has 0 aliphatic carbocycles. The molecule has 1 unspecified atom stereocenters. The van der Waals surface area contributed by atoms with Gasteiger partial charge < -0.3 is 20.6 Å². The van der Waals surface area contributed by atoms with E-state index in [1.807, 2.05) is 19.9 Å². The van der Waals surface area contributed by atoms with Crippen LogP contribution in [0.5, 0.6) is 0 Å². The molecule has 1 fully saturated rings. The highest BCUT2D eigenvalue weighted by atomic mass is 16.3. The molecule has 1 aromatic rings. The van der Waals surface area contributed by atoms with Crippen molar-refractivity contribution in [3.63, 3.8) is 0 Å². The average molecular weight is 334 g/mol. The first-order valence-electron chi connectivity index (χ1n) is 8.78. The number of aliphatic hydroxyl groups excluding tert-OH is 1. The summed E-state index contributed by atoms with van der Waals surface area (Å²) in [4.78, 5) is 16.7. The molecule has 0 radical (unpaired) electrons. The molecule has 2 amide bonds. The second-order valence-electron chi connectivity index (χ2n) is 6.56. The second-order valence-corrected chi connectivity index (χ2v) is 6.56. The van der Waals surface area contributed by atoms with Crippen molar-refractivity contribution in [1.82, 2.24) is 15.5 Å². The number of para-hydroxylation sites is 1. The van der Waals surface area contributed by atoms with Gasteiger partial charge in [-0.1, -0.05) is 18.2 Å². The van der Waals surface area contributed by atoms with E-state index in [1.54, 1.807) is 0 Å². The largest absolute Gasteiger partial charge is 0.396 e. The maximum atomic E-state index is 11.9. The molecule has 2 rings (SSSR count). The molecule has 134 valence electrons. The van der Waals surface area contributed by atoms with Crippen molar-refractivity contribution in [2.45, 2.75) is 32.4 Å². The van der Waals surface area contributed by atoms with Gasteiger partial charge in [0.25, 0.3) is 0 Å². The van der Waals surface area contributed by atoms with Crippen LogP contribution in [0.25, 0.3) is 0 Å². The molecule has 1 saturated heterocycles. The van der Waals surface area contributed by atoms with Crippen LogP contribution in [0, 0.1) is 0 Å². The lowest BCUT2D eigenvalue weighted by Gasteiger charge is -2.37. The van der Waals surface area contributed by atoms with Crippen molar-refractivity contribution < 1.29 is 9.90 Å². The zero-order valence-corrected chi connectivity index (χ0v) is 14.7. The minimum Gasteiger partial charge on any atom is -0.396 e. The van der Waals surface area contributed by atoms with E-state index in [9.17, 15) is 4.79 Å². The number of nitrogens with one attached hydrogen (secondary N) is 2. The molecule has 24 heavy (non-hydrogen) atoms.